The zero-order valence-electron chi connectivity index (χ0n) is 16.1. The van der Waals surface area contributed by atoms with Gasteiger partial charge in [-0.2, -0.15) is 0 Å². The molecule has 0 aliphatic heterocycles. The zero-order valence-corrected chi connectivity index (χ0v) is 17.7. The van der Waals surface area contributed by atoms with Crippen LogP contribution in [0.15, 0.2) is 0 Å². The van der Waals surface area contributed by atoms with E-state index in [9.17, 15) is 19.2 Å². The molecule has 2 saturated carbocycles. The van der Waals surface area contributed by atoms with Crippen molar-refractivity contribution < 1.29 is 19.2 Å². The lowest BCUT2D eigenvalue weighted by molar-refractivity contribution is -0.124. The molecule has 0 unspecified atom stereocenters. The average Bonchev–Trinajstić information content (AvgIpc) is 3.18. The van der Waals surface area contributed by atoms with Gasteiger partial charge in [0, 0.05) is 24.3 Å². The van der Waals surface area contributed by atoms with Crippen molar-refractivity contribution in [3.8, 4) is 0 Å². The van der Waals surface area contributed by atoms with Crippen molar-refractivity contribution in [2.75, 3.05) is 18.1 Å². The summed E-state index contributed by atoms with van der Waals surface area (Å²) in [6, 6.07) is -0.719. The number of nitrogens with one attached hydrogen (secondary N) is 4. The fourth-order valence-electron chi connectivity index (χ4n) is 3.44. The molecule has 28 heavy (non-hydrogen) atoms. The van der Waals surface area contributed by atoms with E-state index in [4.69, 9.17) is 0 Å². The third kappa shape index (κ3) is 9.18. The molecular formula is C18H30N4O4S2. The SMILES string of the molecule is O=C(CSSCCNC(=O)NC(=O)C1CCCCC1)NC(=O)NC1CCCC1. The molecule has 4 N–H and O–H groups in total. The van der Waals surface area contributed by atoms with Crippen molar-refractivity contribution in [3.05, 3.63) is 0 Å². The molecule has 0 bridgehead atoms. The molecule has 0 aromatic carbocycles. The largest absolute Gasteiger partial charge is 0.337 e. The van der Waals surface area contributed by atoms with E-state index in [1.54, 1.807) is 0 Å². The highest BCUT2D eigenvalue weighted by Gasteiger charge is 2.22. The van der Waals surface area contributed by atoms with Crippen molar-refractivity contribution in [2.24, 2.45) is 5.92 Å². The minimum Gasteiger partial charge on any atom is -0.337 e. The molecule has 0 aromatic rings. The van der Waals surface area contributed by atoms with Crippen LogP contribution in [0.25, 0.3) is 0 Å². The lowest BCUT2D eigenvalue weighted by Gasteiger charge is -2.20. The quantitative estimate of drug-likeness (QED) is 0.347. The van der Waals surface area contributed by atoms with Gasteiger partial charge in [0.2, 0.25) is 11.8 Å². The number of hydrogen-bond donors (Lipinski definition) is 4. The minimum absolute atomic E-state index is 0.0474. The van der Waals surface area contributed by atoms with E-state index in [0.29, 0.717) is 12.3 Å². The minimum atomic E-state index is -0.470. The molecule has 2 fully saturated rings. The third-order valence-corrected chi connectivity index (χ3v) is 7.17. The first kappa shape index (κ1) is 22.9. The first-order chi connectivity index (χ1) is 13.5. The van der Waals surface area contributed by atoms with Crippen molar-refractivity contribution in [1.82, 2.24) is 21.3 Å². The molecule has 0 aromatic heterocycles. The van der Waals surface area contributed by atoms with Gasteiger partial charge in [-0.3, -0.25) is 20.2 Å². The second kappa shape index (κ2) is 12.9. The Bertz CT molecular complexity index is 550. The first-order valence-electron chi connectivity index (χ1n) is 9.98. The Balaban J connectivity index is 1.44. The van der Waals surface area contributed by atoms with Gasteiger partial charge in [0.25, 0.3) is 0 Å². The van der Waals surface area contributed by atoms with E-state index in [2.05, 4.69) is 21.3 Å². The number of carbonyl (C=O) groups excluding carboxylic acids is 4. The van der Waals surface area contributed by atoms with Gasteiger partial charge >= 0.3 is 12.1 Å². The molecule has 0 spiro atoms. The molecular weight excluding hydrogens is 400 g/mol. The Morgan fingerprint density at radius 2 is 1.46 bits per heavy atom. The summed E-state index contributed by atoms with van der Waals surface area (Å²) in [5.74, 6) is 0.184. The maximum absolute atomic E-state index is 12.0. The number of amides is 6. The highest BCUT2D eigenvalue weighted by atomic mass is 33.1. The predicted octanol–water partition coefficient (Wildman–Crippen LogP) is 2.54. The van der Waals surface area contributed by atoms with Crippen LogP contribution in [0.3, 0.4) is 0 Å². The molecule has 2 aliphatic rings. The standard InChI is InChI=1S/C18H30N4O4S2/c23-15(21-18(26)20-14-8-4-5-9-14)12-28-27-11-10-19-17(25)22-16(24)13-6-2-1-3-7-13/h13-14H,1-12H2,(H2,19,22,24,25)(H2,20,21,23,26). The Morgan fingerprint density at radius 3 is 2.18 bits per heavy atom. The smallest absolute Gasteiger partial charge is 0.321 e. The van der Waals surface area contributed by atoms with Crippen LogP contribution in [0.1, 0.15) is 57.8 Å². The Labute approximate surface area is 173 Å². The Kier molecular flexibility index (Phi) is 10.6. The molecule has 158 valence electrons. The normalized spacial score (nSPS) is 17.7. The van der Waals surface area contributed by atoms with E-state index in [-0.39, 0.29) is 29.5 Å². The van der Waals surface area contributed by atoms with E-state index >= 15 is 0 Å². The molecule has 8 nitrogen and oxygen atoms in total. The fraction of sp³-hybridized carbons (Fsp3) is 0.778. The number of urea groups is 2. The zero-order chi connectivity index (χ0) is 20.2. The molecule has 2 aliphatic carbocycles. The van der Waals surface area contributed by atoms with Gasteiger partial charge in [-0.15, -0.1) is 0 Å². The van der Waals surface area contributed by atoms with Gasteiger partial charge in [-0.1, -0.05) is 53.7 Å². The highest BCUT2D eigenvalue weighted by Crippen LogP contribution is 2.23. The molecule has 0 atom stereocenters. The van der Waals surface area contributed by atoms with Crippen LogP contribution in [0.4, 0.5) is 9.59 Å². The average molecular weight is 431 g/mol. The number of rotatable bonds is 8. The van der Waals surface area contributed by atoms with Gasteiger partial charge in [-0.05, 0) is 25.7 Å². The maximum Gasteiger partial charge on any atom is 0.321 e. The summed E-state index contributed by atoms with van der Waals surface area (Å²) >= 11 is 0. The second-order valence-electron chi connectivity index (χ2n) is 7.17. The van der Waals surface area contributed by atoms with Crippen LogP contribution in [-0.4, -0.2) is 48.0 Å². The maximum atomic E-state index is 12.0. The Morgan fingerprint density at radius 1 is 0.786 bits per heavy atom. The van der Waals surface area contributed by atoms with E-state index in [0.717, 1.165) is 57.8 Å². The summed E-state index contributed by atoms with van der Waals surface area (Å²) in [5, 5.41) is 10.2. The van der Waals surface area contributed by atoms with Gasteiger partial charge in [0.05, 0.1) is 5.75 Å². The number of hydrogen-bond acceptors (Lipinski definition) is 6. The highest BCUT2D eigenvalue weighted by molar-refractivity contribution is 8.76. The van der Waals surface area contributed by atoms with E-state index in [1.165, 1.54) is 21.6 Å². The number of carbonyl (C=O) groups is 4. The van der Waals surface area contributed by atoms with Crippen LogP contribution in [0.2, 0.25) is 0 Å². The molecule has 6 amide bonds. The summed E-state index contributed by atoms with van der Waals surface area (Å²) in [6.45, 7) is 0.394. The van der Waals surface area contributed by atoms with E-state index < -0.39 is 12.1 Å². The summed E-state index contributed by atoms with van der Waals surface area (Å²) in [5.41, 5.74) is 0. The third-order valence-electron chi connectivity index (χ3n) is 4.90. The van der Waals surface area contributed by atoms with Gasteiger partial charge < -0.3 is 10.6 Å². The summed E-state index contributed by atoms with van der Waals surface area (Å²) in [4.78, 5) is 47.1. The molecule has 0 radical (unpaired) electrons. The Hall–Kier alpha value is -1.42. The lowest BCUT2D eigenvalue weighted by atomic mass is 9.89. The monoisotopic (exact) mass is 430 g/mol. The van der Waals surface area contributed by atoms with Crippen LogP contribution in [-0.2, 0) is 9.59 Å². The lowest BCUT2D eigenvalue weighted by Crippen LogP contribution is -2.44. The molecule has 10 heteroatoms. The topological polar surface area (TPSA) is 116 Å². The predicted molar refractivity (Wildman–Crippen MR) is 112 cm³/mol. The molecule has 2 rings (SSSR count). The van der Waals surface area contributed by atoms with E-state index in [1.807, 2.05) is 0 Å². The van der Waals surface area contributed by atoms with Gasteiger partial charge in [0.1, 0.15) is 0 Å². The summed E-state index contributed by atoms with van der Waals surface area (Å²) in [6.07, 6.45) is 9.13. The molecule has 0 heterocycles. The number of imide groups is 2. The van der Waals surface area contributed by atoms with Crippen molar-refractivity contribution in [3.63, 3.8) is 0 Å². The first-order valence-corrected chi connectivity index (χ1v) is 12.5. The van der Waals surface area contributed by atoms with Crippen LogP contribution in [0, 0.1) is 5.92 Å². The van der Waals surface area contributed by atoms with Crippen molar-refractivity contribution in [2.45, 2.75) is 63.8 Å². The van der Waals surface area contributed by atoms with Crippen molar-refractivity contribution in [1.29, 1.82) is 0 Å². The second-order valence-corrected chi connectivity index (χ2v) is 9.75. The van der Waals surface area contributed by atoms with Crippen LogP contribution >= 0.6 is 21.6 Å². The van der Waals surface area contributed by atoms with Crippen LogP contribution < -0.4 is 21.3 Å². The van der Waals surface area contributed by atoms with Crippen molar-refractivity contribution >= 4 is 45.5 Å². The molecule has 0 saturated heterocycles. The van der Waals surface area contributed by atoms with Gasteiger partial charge in [-0.25, -0.2) is 9.59 Å². The van der Waals surface area contributed by atoms with Crippen LogP contribution in [0.5, 0.6) is 0 Å². The summed E-state index contributed by atoms with van der Waals surface area (Å²) in [7, 11) is 2.75. The summed E-state index contributed by atoms with van der Waals surface area (Å²) < 4.78 is 0. The van der Waals surface area contributed by atoms with Gasteiger partial charge in [0.15, 0.2) is 0 Å². The fourth-order valence-corrected chi connectivity index (χ4v) is 5.18.